The Bertz CT molecular complexity index is 1290. The van der Waals surface area contributed by atoms with Crippen LogP contribution in [0.4, 0.5) is 0 Å². The summed E-state index contributed by atoms with van der Waals surface area (Å²) < 4.78 is 0. The minimum atomic E-state index is -1.04. The van der Waals surface area contributed by atoms with Gasteiger partial charge >= 0.3 is 0 Å². The lowest BCUT2D eigenvalue weighted by Crippen LogP contribution is -2.60. The molecule has 3 aliphatic heterocycles. The molecule has 0 aliphatic carbocycles. The molecule has 5 amide bonds. The van der Waals surface area contributed by atoms with Gasteiger partial charge in [0.2, 0.25) is 29.5 Å². The molecule has 0 bridgehead atoms. The lowest BCUT2D eigenvalue weighted by molar-refractivity contribution is -0.137. The van der Waals surface area contributed by atoms with Gasteiger partial charge in [-0.15, -0.1) is 0 Å². The van der Waals surface area contributed by atoms with E-state index >= 15 is 0 Å². The number of aliphatic imine (C=N–C) groups is 1. The Kier molecular flexibility index (Phi) is 13.2. The molecule has 0 aromatic carbocycles. The Morgan fingerprint density at radius 1 is 1.04 bits per heavy atom. The van der Waals surface area contributed by atoms with Crippen molar-refractivity contribution in [1.82, 2.24) is 31.1 Å². The number of hydrogen-bond donors (Lipinski definition) is 5. The summed E-state index contributed by atoms with van der Waals surface area (Å²) in [5.74, 6) is -3.80. The van der Waals surface area contributed by atoms with Gasteiger partial charge in [0.05, 0.1) is 36.4 Å². The number of carbonyl (C=O) groups is 7. The van der Waals surface area contributed by atoms with Crippen LogP contribution < -0.4 is 27.0 Å². The van der Waals surface area contributed by atoms with Crippen LogP contribution in [0.2, 0.25) is 0 Å². The van der Waals surface area contributed by atoms with Gasteiger partial charge < -0.3 is 36.7 Å². The van der Waals surface area contributed by atoms with Crippen LogP contribution in [0.15, 0.2) is 4.99 Å². The van der Waals surface area contributed by atoms with E-state index in [1.807, 2.05) is 32.6 Å². The second-order valence-electron chi connectivity index (χ2n) is 14.3. The average molecular weight is 675 g/mol. The smallest absolute Gasteiger partial charge is 0.245 e. The SMILES string of the molecule is CC[C@@H]1[C@H]2[C@H](C(=O)NC(C)(C)C)N3CCC[C@H]3C(=O)N[C@@H](CCCN=C(C)N)C(=O)NCC(=O)C[C@@H](CC(C)=O)C(=O)N[C@@H](C)C(=O)N21. The molecule has 7 atom stereocenters. The van der Waals surface area contributed by atoms with Crippen LogP contribution in [0.5, 0.6) is 0 Å². The van der Waals surface area contributed by atoms with Gasteiger partial charge in [-0.2, -0.15) is 0 Å². The summed E-state index contributed by atoms with van der Waals surface area (Å²) in [5, 5.41) is 11.2. The number of amidine groups is 1. The first-order valence-electron chi connectivity index (χ1n) is 17.0. The molecule has 0 aromatic heterocycles. The quantitative estimate of drug-likeness (QED) is 0.0976. The van der Waals surface area contributed by atoms with Crippen molar-refractivity contribution >= 4 is 46.9 Å². The van der Waals surface area contributed by atoms with E-state index < -0.39 is 77.6 Å². The molecule has 15 nitrogen and oxygen atoms in total. The van der Waals surface area contributed by atoms with Gasteiger partial charge in [0.25, 0.3) is 0 Å². The molecule has 6 N–H and O–H groups in total. The van der Waals surface area contributed by atoms with E-state index in [4.69, 9.17) is 5.73 Å². The molecular formula is C33H54N8O7. The fraction of sp³-hybridized carbons (Fsp3) is 0.758. The Hall–Kier alpha value is -3.88. The zero-order valence-electron chi connectivity index (χ0n) is 29.4. The molecule has 0 radical (unpaired) electrons. The number of amides is 5. The Balaban J connectivity index is 2.03. The Labute approximate surface area is 282 Å². The lowest BCUT2D eigenvalue weighted by Gasteiger charge is -2.34. The van der Waals surface area contributed by atoms with E-state index in [0.29, 0.717) is 44.6 Å². The number of ketones is 2. The largest absolute Gasteiger partial charge is 0.388 e. The minimum Gasteiger partial charge on any atom is -0.388 e. The molecule has 3 fully saturated rings. The highest BCUT2D eigenvalue weighted by Gasteiger charge is 2.60. The third-order valence-electron chi connectivity index (χ3n) is 8.91. The summed E-state index contributed by atoms with van der Waals surface area (Å²) in [7, 11) is 0. The van der Waals surface area contributed by atoms with Gasteiger partial charge in [0.15, 0.2) is 5.78 Å². The molecule has 15 heteroatoms. The predicted octanol–water partition coefficient (Wildman–Crippen LogP) is -0.445. The minimum absolute atomic E-state index is 0.208. The first kappa shape index (κ1) is 38.6. The Morgan fingerprint density at radius 3 is 2.33 bits per heavy atom. The van der Waals surface area contributed by atoms with Crippen LogP contribution in [-0.4, -0.2) is 118 Å². The molecule has 3 saturated heterocycles. The number of Topliss-reactive ketones (excluding diaryl/α,β-unsaturated/α-hetero) is 2. The van der Waals surface area contributed by atoms with E-state index in [-0.39, 0.29) is 37.0 Å². The van der Waals surface area contributed by atoms with E-state index in [1.165, 1.54) is 13.8 Å². The maximum Gasteiger partial charge on any atom is 0.245 e. The van der Waals surface area contributed by atoms with Crippen LogP contribution in [0.3, 0.4) is 0 Å². The molecule has 3 rings (SSSR count). The zero-order valence-corrected chi connectivity index (χ0v) is 29.4. The van der Waals surface area contributed by atoms with Crippen molar-refractivity contribution in [1.29, 1.82) is 0 Å². The molecule has 3 aliphatic rings. The van der Waals surface area contributed by atoms with Crippen LogP contribution in [0.25, 0.3) is 0 Å². The summed E-state index contributed by atoms with van der Waals surface area (Å²) in [5.41, 5.74) is 5.06. The number of nitrogens with zero attached hydrogens (tertiary/aromatic N) is 3. The fourth-order valence-corrected chi connectivity index (χ4v) is 6.73. The summed E-state index contributed by atoms with van der Waals surface area (Å²) in [4.78, 5) is 101. The van der Waals surface area contributed by atoms with Gasteiger partial charge in [0.1, 0.15) is 23.9 Å². The van der Waals surface area contributed by atoms with Gasteiger partial charge in [-0.05, 0) is 80.2 Å². The van der Waals surface area contributed by atoms with Crippen molar-refractivity contribution in [2.45, 2.75) is 135 Å². The molecule has 268 valence electrons. The van der Waals surface area contributed by atoms with E-state index in [0.717, 1.165) is 0 Å². The third kappa shape index (κ3) is 10.3. The summed E-state index contributed by atoms with van der Waals surface area (Å²) >= 11 is 0. The van der Waals surface area contributed by atoms with E-state index in [1.54, 1.807) is 11.8 Å². The van der Waals surface area contributed by atoms with Crippen molar-refractivity contribution < 1.29 is 33.6 Å². The van der Waals surface area contributed by atoms with Crippen molar-refractivity contribution in [2.24, 2.45) is 16.6 Å². The molecule has 0 saturated carbocycles. The first-order chi connectivity index (χ1) is 22.4. The first-order valence-corrected chi connectivity index (χ1v) is 17.0. The number of nitrogens with two attached hydrogens (primary N) is 1. The predicted molar refractivity (Wildman–Crippen MR) is 178 cm³/mol. The molecular weight excluding hydrogens is 620 g/mol. The van der Waals surface area contributed by atoms with Gasteiger partial charge in [-0.25, -0.2) is 0 Å². The van der Waals surface area contributed by atoms with Crippen molar-refractivity contribution in [3.05, 3.63) is 0 Å². The molecule has 3 heterocycles. The number of hydrogen-bond acceptors (Lipinski definition) is 9. The highest BCUT2D eigenvalue weighted by Crippen LogP contribution is 2.39. The summed E-state index contributed by atoms with van der Waals surface area (Å²) in [6.45, 7) is 12.3. The van der Waals surface area contributed by atoms with Crippen LogP contribution >= 0.6 is 0 Å². The normalized spacial score (nSPS) is 29.9. The summed E-state index contributed by atoms with van der Waals surface area (Å²) in [6.07, 6.45) is 1.67. The Morgan fingerprint density at radius 2 is 1.73 bits per heavy atom. The number of fused-ring (bicyclic) bond motifs is 2. The summed E-state index contributed by atoms with van der Waals surface area (Å²) in [6, 6.07) is -4.52. The lowest BCUT2D eigenvalue weighted by atomic mass is 9.95. The van der Waals surface area contributed by atoms with E-state index in [2.05, 4.69) is 26.3 Å². The average Bonchev–Trinajstić information content (AvgIpc) is 3.48. The number of nitrogens with one attached hydrogen (secondary N) is 4. The van der Waals surface area contributed by atoms with Crippen molar-refractivity contribution in [3.8, 4) is 0 Å². The standard InChI is InChI=1S/C33H54N8O7/c1-8-24-26-27(31(47)39-33(5,6)7)40-14-10-12-25(40)30(46)38-23(11-9-13-35-20(4)34)29(45)36-17-22(43)16-21(15-18(2)42)28(44)37-19(3)32(48)41(24)26/h19,21,23-27H,8-17H2,1-7H3,(H2,34,35)(H,36,45)(H,37,44)(H,38,46)(H,39,47)/t19-,21+,23-,24+,25-,26-,27+,41?/m0/s1. The fourth-order valence-electron chi connectivity index (χ4n) is 6.73. The van der Waals surface area contributed by atoms with Gasteiger partial charge in [-0.3, -0.25) is 38.7 Å². The van der Waals surface area contributed by atoms with Gasteiger partial charge in [0, 0.05) is 24.9 Å². The maximum absolute atomic E-state index is 14.0. The van der Waals surface area contributed by atoms with Crippen LogP contribution in [0.1, 0.15) is 93.4 Å². The van der Waals surface area contributed by atoms with Crippen molar-refractivity contribution in [3.63, 3.8) is 0 Å². The molecule has 0 spiro atoms. The maximum atomic E-state index is 14.0. The highest BCUT2D eigenvalue weighted by atomic mass is 16.2. The number of carbonyl (C=O) groups excluding carboxylic acids is 7. The number of rotatable bonds is 8. The molecule has 0 aromatic rings. The zero-order chi connectivity index (χ0) is 35.9. The van der Waals surface area contributed by atoms with Crippen molar-refractivity contribution in [2.75, 3.05) is 19.6 Å². The highest BCUT2D eigenvalue weighted by molar-refractivity contribution is 5.97. The third-order valence-corrected chi connectivity index (χ3v) is 8.91. The van der Waals surface area contributed by atoms with E-state index in [9.17, 15) is 33.6 Å². The van der Waals surface area contributed by atoms with Crippen LogP contribution in [0, 0.1) is 5.92 Å². The topological polar surface area (TPSA) is 212 Å². The van der Waals surface area contributed by atoms with Gasteiger partial charge in [-0.1, -0.05) is 6.92 Å². The monoisotopic (exact) mass is 674 g/mol. The molecule has 48 heavy (non-hydrogen) atoms. The second-order valence-corrected chi connectivity index (χ2v) is 14.3. The van der Waals surface area contributed by atoms with Crippen LogP contribution in [-0.2, 0) is 33.6 Å². The molecule has 0 unspecified atom stereocenters. The second kappa shape index (κ2) is 16.5.